The van der Waals surface area contributed by atoms with Gasteiger partial charge in [-0.3, -0.25) is 9.58 Å². The molecule has 1 aliphatic heterocycles. The lowest BCUT2D eigenvalue weighted by molar-refractivity contribution is 0.199. The van der Waals surface area contributed by atoms with Crippen molar-refractivity contribution >= 4 is 12.4 Å². The molecule has 1 fully saturated rings. The Hall–Kier alpha value is -1.36. The molecule has 0 unspecified atom stereocenters. The average Bonchev–Trinajstić information content (AvgIpc) is 2.87. The molecule has 1 aliphatic rings. The summed E-state index contributed by atoms with van der Waals surface area (Å²) in [7, 11) is 0. The van der Waals surface area contributed by atoms with Crippen molar-refractivity contribution in [3.8, 4) is 0 Å². The number of hydrogen-bond acceptors (Lipinski definition) is 3. The van der Waals surface area contributed by atoms with Crippen LogP contribution in [0.1, 0.15) is 18.1 Å². The fraction of sp³-hybridized carbons (Fsp3) is 0.438. The molecule has 2 heterocycles. The van der Waals surface area contributed by atoms with Gasteiger partial charge in [-0.05, 0) is 12.5 Å². The third-order valence-corrected chi connectivity index (χ3v) is 3.73. The van der Waals surface area contributed by atoms with Crippen molar-refractivity contribution in [2.75, 3.05) is 19.6 Å². The molecule has 1 aromatic carbocycles. The normalized spacial score (nSPS) is 19.2. The summed E-state index contributed by atoms with van der Waals surface area (Å²) in [6.07, 6.45) is 4.16. The van der Waals surface area contributed by atoms with Crippen molar-refractivity contribution < 1.29 is 0 Å². The summed E-state index contributed by atoms with van der Waals surface area (Å²) in [4.78, 5) is 2.49. The second kappa shape index (κ2) is 7.59. The smallest absolute Gasteiger partial charge is 0.0659 e. The molecular formula is C16H23ClN4. The van der Waals surface area contributed by atoms with Crippen LogP contribution >= 0.6 is 12.4 Å². The van der Waals surface area contributed by atoms with Crippen molar-refractivity contribution in [1.82, 2.24) is 20.0 Å². The van der Waals surface area contributed by atoms with Crippen LogP contribution in [-0.2, 0) is 13.1 Å². The number of rotatable bonds is 4. The van der Waals surface area contributed by atoms with E-state index < -0.39 is 0 Å². The Balaban J connectivity index is 0.00000161. The Labute approximate surface area is 132 Å². The fourth-order valence-electron chi connectivity index (χ4n) is 2.76. The first kappa shape index (κ1) is 16.0. The second-order valence-electron chi connectivity index (χ2n) is 5.62. The van der Waals surface area contributed by atoms with Crippen LogP contribution in [0, 0.1) is 0 Å². The molecule has 1 N–H and O–H groups in total. The predicted octanol–water partition coefficient (Wildman–Crippen LogP) is 2.15. The van der Waals surface area contributed by atoms with Crippen molar-refractivity contribution in [2.24, 2.45) is 0 Å². The molecule has 0 amide bonds. The monoisotopic (exact) mass is 306 g/mol. The summed E-state index contributed by atoms with van der Waals surface area (Å²) in [6.45, 7) is 7.40. The van der Waals surface area contributed by atoms with E-state index in [0.717, 1.165) is 32.7 Å². The van der Waals surface area contributed by atoms with Gasteiger partial charge in [0.2, 0.25) is 0 Å². The average molecular weight is 307 g/mol. The van der Waals surface area contributed by atoms with Crippen LogP contribution in [0.25, 0.3) is 0 Å². The lowest BCUT2D eigenvalue weighted by Gasteiger charge is -2.31. The molecule has 0 saturated carbocycles. The van der Waals surface area contributed by atoms with Crippen molar-refractivity contribution in [3.05, 3.63) is 53.9 Å². The highest BCUT2D eigenvalue weighted by Gasteiger charge is 2.15. The molecule has 0 bridgehead atoms. The van der Waals surface area contributed by atoms with Gasteiger partial charge in [-0.25, -0.2) is 0 Å². The van der Waals surface area contributed by atoms with Crippen LogP contribution in [-0.4, -0.2) is 40.4 Å². The van der Waals surface area contributed by atoms with Gasteiger partial charge in [-0.1, -0.05) is 30.3 Å². The van der Waals surface area contributed by atoms with Gasteiger partial charge in [-0.15, -0.1) is 12.4 Å². The molecule has 114 valence electrons. The molecule has 3 rings (SSSR count). The largest absolute Gasteiger partial charge is 0.312 e. The van der Waals surface area contributed by atoms with E-state index in [4.69, 9.17) is 0 Å². The highest BCUT2D eigenvalue weighted by Crippen LogP contribution is 2.08. The quantitative estimate of drug-likeness (QED) is 0.939. The number of halogens is 1. The molecule has 1 aromatic heterocycles. The van der Waals surface area contributed by atoms with Gasteiger partial charge in [0, 0.05) is 44.0 Å². The molecule has 1 atom stereocenters. The Morgan fingerprint density at radius 2 is 2.00 bits per heavy atom. The number of aromatic nitrogens is 2. The van der Waals surface area contributed by atoms with E-state index in [9.17, 15) is 0 Å². The van der Waals surface area contributed by atoms with Gasteiger partial charge in [0.05, 0.1) is 12.7 Å². The number of piperazine rings is 1. The van der Waals surface area contributed by atoms with Gasteiger partial charge in [-0.2, -0.15) is 5.10 Å². The summed E-state index contributed by atoms with van der Waals surface area (Å²) in [5.41, 5.74) is 2.59. The lowest BCUT2D eigenvalue weighted by atomic mass is 10.2. The molecule has 2 aromatic rings. The minimum Gasteiger partial charge on any atom is -0.312 e. The third kappa shape index (κ3) is 4.56. The van der Waals surface area contributed by atoms with Gasteiger partial charge in [0.1, 0.15) is 0 Å². The Morgan fingerprint density at radius 1 is 1.19 bits per heavy atom. The molecule has 21 heavy (non-hydrogen) atoms. The number of hydrogen-bond donors (Lipinski definition) is 1. The van der Waals surface area contributed by atoms with Crippen molar-refractivity contribution in [1.29, 1.82) is 0 Å². The molecule has 5 heteroatoms. The first-order valence-corrected chi connectivity index (χ1v) is 7.30. The molecule has 0 spiro atoms. The minimum atomic E-state index is 0. The maximum absolute atomic E-state index is 4.47. The maximum Gasteiger partial charge on any atom is 0.0659 e. The Kier molecular flexibility index (Phi) is 5.79. The Morgan fingerprint density at radius 3 is 2.76 bits per heavy atom. The Bertz CT molecular complexity index is 540. The van der Waals surface area contributed by atoms with Crippen molar-refractivity contribution in [3.63, 3.8) is 0 Å². The molecule has 0 aliphatic carbocycles. The highest BCUT2D eigenvalue weighted by atomic mass is 35.5. The van der Waals surface area contributed by atoms with E-state index in [1.807, 2.05) is 16.9 Å². The second-order valence-corrected chi connectivity index (χ2v) is 5.62. The van der Waals surface area contributed by atoms with Crippen molar-refractivity contribution in [2.45, 2.75) is 26.1 Å². The summed E-state index contributed by atoms with van der Waals surface area (Å²) in [5, 5.41) is 7.94. The topological polar surface area (TPSA) is 33.1 Å². The SMILES string of the molecule is C[C@H]1CN(Cc2cnn(Cc3ccccc3)c2)CCN1.Cl. The summed E-state index contributed by atoms with van der Waals surface area (Å²) < 4.78 is 2.02. The molecule has 0 radical (unpaired) electrons. The number of nitrogens with one attached hydrogen (secondary N) is 1. The lowest BCUT2D eigenvalue weighted by Crippen LogP contribution is -2.48. The van der Waals surface area contributed by atoms with Gasteiger partial charge < -0.3 is 5.32 Å². The third-order valence-electron chi connectivity index (χ3n) is 3.73. The fourth-order valence-corrected chi connectivity index (χ4v) is 2.76. The number of nitrogens with zero attached hydrogens (tertiary/aromatic N) is 3. The minimum absolute atomic E-state index is 0. The standard InChI is InChI=1S/C16H22N4.ClH/c1-14-10-19(8-7-17-14)11-16-9-18-20(13-16)12-15-5-3-2-4-6-15;/h2-6,9,13-14,17H,7-8,10-12H2,1H3;1H/t14-;/m0./s1. The van der Waals surface area contributed by atoms with Gasteiger partial charge >= 0.3 is 0 Å². The van der Waals surface area contributed by atoms with Crippen LogP contribution in [0.5, 0.6) is 0 Å². The van der Waals surface area contributed by atoms with E-state index in [1.165, 1.54) is 11.1 Å². The first-order chi connectivity index (χ1) is 9.79. The zero-order chi connectivity index (χ0) is 13.8. The zero-order valence-electron chi connectivity index (χ0n) is 12.4. The van der Waals surface area contributed by atoms with Gasteiger partial charge in [0.25, 0.3) is 0 Å². The molecule has 4 nitrogen and oxygen atoms in total. The number of benzene rings is 1. The van der Waals surface area contributed by atoms with Crippen LogP contribution in [0.15, 0.2) is 42.7 Å². The summed E-state index contributed by atoms with van der Waals surface area (Å²) >= 11 is 0. The van der Waals surface area contributed by atoms with E-state index in [-0.39, 0.29) is 12.4 Å². The van der Waals surface area contributed by atoms with E-state index >= 15 is 0 Å². The van der Waals surface area contributed by atoms with Gasteiger partial charge in [0.15, 0.2) is 0 Å². The van der Waals surface area contributed by atoms with E-state index in [0.29, 0.717) is 6.04 Å². The van der Waals surface area contributed by atoms with E-state index in [1.54, 1.807) is 0 Å². The van der Waals surface area contributed by atoms with E-state index in [2.05, 4.69) is 52.7 Å². The highest BCUT2D eigenvalue weighted by molar-refractivity contribution is 5.85. The summed E-state index contributed by atoms with van der Waals surface area (Å²) in [6, 6.07) is 11.1. The van der Waals surface area contributed by atoms with Crippen LogP contribution in [0.2, 0.25) is 0 Å². The zero-order valence-corrected chi connectivity index (χ0v) is 13.2. The molecule has 1 saturated heterocycles. The molecular weight excluding hydrogens is 284 g/mol. The first-order valence-electron chi connectivity index (χ1n) is 7.30. The summed E-state index contributed by atoms with van der Waals surface area (Å²) in [5.74, 6) is 0. The predicted molar refractivity (Wildman–Crippen MR) is 87.8 cm³/mol. The van der Waals surface area contributed by atoms with Crippen LogP contribution < -0.4 is 5.32 Å². The van der Waals surface area contributed by atoms with Crippen LogP contribution in [0.4, 0.5) is 0 Å². The van der Waals surface area contributed by atoms with Crippen LogP contribution in [0.3, 0.4) is 0 Å². The maximum atomic E-state index is 4.47.